The minimum atomic E-state index is 0.339. The molecule has 2 fully saturated rings. The second-order valence-corrected chi connectivity index (χ2v) is 5.12. The average Bonchev–Trinajstić information content (AvgIpc) is 3.15. The molecule has 92 valence electrons. The van der Waals surface area contributed by atoms with Crippen molar-refractivity contribution in [2.75, 3.05) is 13.2 Å². The normalized spacial score (nSPS) is 32.3. The standard InChI is InChI=1S/C14H24O2/c1-4-11(5-2)14(6-3,7-12-9-15-12)8-13-10-16-13/h4,12-13H,5-10H2,1-3H3/b11-4+. The summed E-state index contributed by atoms with van der Waals surface area (Å²) in [5, 5.41) is 0. The van der Waals surface area contributed by atoms with Gasteiger partial charge in [-0.05, 0) is 38.0 Å². The number of allylic oxidation sites excluding steroid dienone is 2. The molecule has 2 aliphatic heterocycles. The highest BCUT2D eigenvalue weighted by atomic mass is 16.6. The quantitative estimate of drug-likeness (QED) is 0.489. The van der Waals surface area contributed by atoms with Crippen molar-refractivity contribution in [3.8, 4) is 0 Å². The number of epoxide rings is 2. The van der Waals surface area contributed by atoms with Gasteiger partial charge in [0.15, 0.2) is 0 Å². The van der Waals surface area contributed by atoms with E-state index >= 15 is 0 Å². The molecule has 2 saturated heterocycles. The number of rotatable bonds is 7. The molecule has 0 amide bonds. The molecule has 0 radical (unpaired) electrons. The molecule has 0 bridgehead atoms. The van der Waals surface area contributed by atoms with Crippen LogP contribution in [0.5, 0.6) is 0 Å². The van der Waals surface area contributed by atoms with Gasteiger partial charge < -0.3 is 9.47 Å². The van der Waals surface area contributed by atoms with Crippen LogP contribution in [0.25, 0.3) is 0 Å². The van der Waals surface area contributed by atoms with Crippen LogP contribution in [0.1, 0.15) is 46.5 Å². The third-order valence-electron chi connectivity index (χ3n) is 4.13. The molecule has 2 atom stereocenters. The molecule has 2 heterocycles. The van der Waals surface area contributed by atoms with Crippen LogP contribution in [0.4, 0.5) is 0 Å². The first-order valence-corrected chi connectivity index (χ1v) is 6.63. The van der Waals surface area contributed by atoms with E-state index in [1.54, 1.807) is 5.57 Å². The topological polar surface area (TPSA) is 25.1 Å². The molecule has 2 rings (SSSR count). The van der Waals surface area contributed by atoms with E-state index in [2.05, 4.69) is 26.8 Å². The van der Waals surface area contributed by atoms with Crippen LogP contribution in [0.2, 0.25) is 0 Å². The fourth-order valence-electron chi connectivity index (χ4n) is 2.99. The first-order valence-electron chi connectivity index (χ1n) is 6.63. The first kappa shape index (κ1) is 12.1. The number of ether oxygens (including phenoxy) is 2. The van der Waals surface area contributed by atoms with Crippen molar-refractivity contribution in [3.05, 3.63) is 11.6 Å². The maximum atomic E-state index is 5.44. The lowest BCUT2D eigenvalue weighted by molar-refractivity contribution is 0.216. The minimum Gasteiger partial charge on any atom is -0.373 e. The predicted octanol–water partition coefficient (Wildman–Crippen LogP) is 3.32. The molecule has 0 saturated carbocycles. The van der Waals surface area contributed by atoms with Crippen molar-refractivity contribution < 1.29 is 9.47 Å². The maximum Gasteiger partial charge on any atom is 0.0818 e. The molecule has 0 aromatic carbocycles. The summed E-state index contributed by atoms with van der Waals surface area (Å²) in [6.07, 6.45) is 8.09. The van der Waals surface area contributed by atoms with Crippen molar-refractivity contribution in [1.29, 1.82) is 0 Å². The lowest BCUT2D eigenvalue weighted by atomic mass is 9.70. The second-order valence-electron chi connectivity index (χ2n) is 5.12. The Kier molecular flexibility index (Phi) is 3.70. The summed E-state index contributed by atoms with van der Waals surface area (Å²) in [6.45, 7) is 8.68. The molecule has 0 N–H and O–H groups in total. The van der Waals surface area contributed by atoms with E-state index in [9.17, 15) is 0 Å². The Bertz CT molecular complexity index is 248. The highest BCUT2D eigenvalue weighted by molar-refractivity contribution is 5.16. The summed E-state index contributed by atoms with van der Waals surface area (Å²) in [7, 11) is 0. The van der Waals surface area contributed by atoms with Gasteiger partial charge in [0.05, 0.1) is 25.4 Å². The fourth-order valence-corrected chi connectivity index (χ4v) is 2.99. The lowest BCUT2D eigenvalue weighted by Crippen LogP contribution is -2.27. The Labute approximate surface area is 99.0 Å². The zero-order valence-corrected chi connectivity index (χ0v) is 10.8. The number of hydrogen-bond donors (Lipinski definition) is 0. The molecule has 0 spiro atoms. The Balaban J connectivity index is 2.11. The van der Waals surface area contributed by atoms with Gasteiger partial charge in [0.25, 0.3) is 0 Å². The van der Waals surface area contributed by atoms with E-state index in [0.29, 0.717) is 17.6 Å². The Morgan fingerprint density at radius 2 is 1.69 bits per heavy atom. The third-order valence-corrected chi connectivity index (χ3v) is 4.13. The zero-order chi connectivity index (χ0) is 11.6. The molecule has 0 aliphatic carbocycles. The highest BCUT2D eigenvalue weighted by Crippen LogP contribution is 2.46. The Morgan fingerprint density at radius 1 is 1.19 bits per heavy atom. The maximum absolute atomic E-state index is 5.44. The smallest absolute Gasteiger partial charge is 0.0818 e. The molecule has 2 heteroatoms. The van der Waals surface area contributed by atoms with E-state index in [1.165, 1.54) is 19.3 Å². The summed E-state index contributed by atoms with van der Waals surface area (Å²) in [4.78, 5) is 0. The van der Waals surface area contributed by atoms with Crippen LogP contribution in [-0.4, -0.2) is 25.4 Å². The summed E-state index contributed by atoms with van der Waals surface area (Å²) in [6, 6.07) is 0. The first-order chi connectivity index (χ1) is 7.74. The van der Waals surface area contributed by atoms with Gasteiger partial charge in [0.1, 0.15) is 0 Å². The van der Waals surface area contributed by atoms with Crippen molar-refractivity contribution in [1.82, 2.24) is 0 Å². The minimum absolute atomic E-state index is 0.339. The van der Waals surface area contributed by atoms with Gasteiger partial charge >= 0.3 is 0 Å². The largest absolute Gasteiger partial charge is 0.373 e. The second kappa shape index (κ2) is 4.89. The van der Waals surface area contributed by atoms with E-state index in [4.69, 9.17) is 9.47 Å². The third kappa shape index (κ3) is 2.67. The molecule has 0 aromatic rings. The highest BCUT2D eigenvalue weighted by Gasteiger charge is 2.42. The SMILES string of the molecule is C/C=C(\CC)C(CC)(CC1CO1)CC1CO1. The van der Waals surface area contributed by atoms with Crippen LogP contribution >= 0.6 is 0 Å². The zero-order valence-electron chi connectivity index (χ0n) is 10.8. The van der Waals surface area contributed by atoms with Crippen molar-refractivity contribution >= 4 is 0 Å². The van der Waals surface area contributed by atoms with Crippen LogP contribution in [-0.2, 0) is 9.47 Å². The number of hydrogen-bond acceptors (Lipinski definition) is 2. The van der Waals surface area contributed by atoms with Gasteiger partial charge in [0, 0.05) is 0 Å². The van der Waals surface area contributed by atoms with Crippen molar-refractivity contribution in [3.63, 3.8) is 0 Å². The molecular weight excluding hydrogens is 200 g/mol. The van der Waals surface area contributed by atoms with Gasteiger partial charge in [-0.2, -0.15) is 0 Å². The molecular formula is C14H24O2. The summed E-state index contributed by atoms with van der Waals surface area (Å²) >= 11 is 0. The van der Waals surface area contributed by atoms with E-state index in [-0.39, 0.29) is 0 Å². The van der Waals surface area contributed by atoms with Crippen LogP contribution in [0, 0.1) is 5.41 Å². The van der Waals surface area contributed by atoms with E-state index < -0.39 is 0 Å². The molecule has 0 aromatic heterocycles. The van der Waals surface area contributed by atoms with Gasteiger partial charge in [-0.15, -0.1) is 0 Å². The fraction of sp³-hybridized carbons (Fsp3) is 0.857. The van der Waals surface area contributed by atoms with Crippen LogP contribution in [0.3, 0.4) is 0 Å². The van der Waals surface area contributed by atoms with Gasteiger partial charge in [-0.25, -0.2) is 0 Å². The van der Waals surface area contributed by atoms with E-state index in [0.717, 1.165) is 19.6 Å². The molecule has 16 heavy (non-hydrogen) atoms. The molecule has 2 nitrogen and oxygen atoms in total. The van der Waals surface area contributed by atoms with Crippen LogP contribution in [0.15, 0.2) is 11.6 Å². The molecule has 2 unspecified atom stereocenters. The van der Waals surface area contributed by atoms with Crippen LogP contribution < -0.4 is 0 Å². The van der Waals surface area contributed by atoms with Gasteiger partial charge in [0.2, 0.25) is 0 Å². The lowest BCUT2D eigenvalue weighted by Gasteiger charge is -2.35. The summed E-state index contributed by atoms with van der Waals surface area (Å²) in [5.41, 5.74) is 1.94. The van der Waals surface area contributed by atoms with Gasteiger partial charge in [-0.1, -0.05) is 25.5 Å². The molecule has 2 aliphatic rings. The van der Waals surface area contributed by atoms with E-state index in [1.807, 2.05) is 0 Å². The van der Waals surface area contributed by atoms with Crippen molar-refractivity contribution in [2.24, 2.45) is 5.41 Å². The van der Waals surface area contributed by atoms with Gasteiger partial charge in [-0.3, -0.25) is 0 Å². The average molecular weight is 224 g/mol. The Morgan fingerprint density at radius 3 is 1.94 bits per heavy atom. The predicted molar refractivity (Wildman–Crippen MR) is 65.5 cm³/mol. The Hall–Kier alpha value is -0.340. The van der Waals surface area contributed by atoms with Crippen molar-refractivity contribution in [2.45, 2.75) is 58.7 Å². The monoisotopic (exact) mass is 224 g/mol. The summed E-state index contributed by atoms with van der Waals surface area (Å²) < 4.78 is 10.9. The summed E-state index contributed by atoms with van der Waals surface area (Å²) in [5.74, 6) is 0.